The molecule has 1 saturated heterocycles. The highest BCUT2D eigenvalue weighted by Gasteiger charge is 2.37. The highest BCUT2D eigenvalue weighted by molar-refractivity contribution is 5.84. The van der Waals surface area contributed by atoms with Crippen LogP contribution in [-0.4, -0.2) is 48.8 Å². The molecular weight excluding hydrogens is 414 g/mol. The van der Waals surface area contributed by atoms with Gasteiger partial charge < -0.3 is 14.8 Å². The topological polar surface area (TPSA) is 59.6 Å². The number of carbonyl (C=O) groups is 1. The molecule has 4 rings (SSSR count). The number of piperidine rings is 1. The van der Waals surface area contributed by atoms with E-state index in [4.69, 9.17) is 9.47 Å². The summed E-state index contributed by atoms with van der Waals surface area (Å²) in [5.74, 6) is 0.870. The van der Waals surface area contributed by atoms with Crippen molar-refractivity contribution in [3.05, 3.63) is 22.5 Å². The van der Waals surface area contributed by atoms with Crippen molar-refractivity contribution in [2.24, 2.45) is 0 Å². The zero-order valence-corrected chi connectivity index (χ0v) is 19.6. The molecule has 32 heavy (non-hydrogen) atoms. The Balaban J connectivity index is 1.26. The van der Waals surface area contributed by atoms with Gasteiger partial charge in [-0.15, -0.1) is 0 Å². The second kappa shape index (κ2) is 9.80. The lowest BCUT2D eigenvalue weighted by Crippen LogP contribution is -2.55. The Kier molecular flexibility index (Phi) is 7.25. The van der Waals surface area contributed by atoms with Crippen molar-refractivity contribution in [2.45, 2.75) is 121 Å². The fraction of sp³-hybridized carbons (Fsp3) is 0.800. The van der Waals surface area contributed by atoms with Crippen molar-refractivity contribution < 1.29 is 23.0 Å². The van der Waals surface area contributed by atoms with Crippen LogP contribution >= 0.6 is 0 Å². The van der Waals surface area contributed by atoms with Crippen molar-refractivity contribution >= 4 is 5.91 Å². The Labute approximate surface area is 190 Å². The van der Waals surface area contributed by atoms with Crippen LogP contribution in [0.25, 0.3) is 0 Å². The molecule has 7 heteroatoms. The van der Waals surface area contributed by atoms with E-state index >= 15 is 0 Å². The Morgan fingerprint density at radius 2 is 1.84 bits per heavy atom. The fourth-order valence-electron chi connectivity index (χ4n) is 5.43. The molecule has 0 aromatic heterocycles. The number of rotatable bonds is 6. The summed E-state index contributed by atoms with van der Waals surface area (Å²) in [5, 5.41) is 6.38. The zero-order chi connectivity index (χ0) is 22.9. The van der Waals surface area contributed by atoms with Crippen molar-refractivity contribution in [1.82, 2.24) is 10.6 Å². The third-order valence-electron chi connectivity index (χ3n) is 7.41. The number of allylic oxidation sites excluding steroid dienone is 4. The molecule has 1 heterocycles. The van der Waals surface area contributed by atoms with Gasteiger partial charge in [0, 0.05) is 25.4 Å². The van der Waals surface area contributed by atoms with Gasteiger partial charge in [-0.25, -0.2) is 8.78 Å². The summed E-state index contributed by atoms with van der Waals surface area (Å²) < 4.78 is 39.5. The normalized spacial score (nSPS) is 33.8. The van der Waals surface area contributed by atoms with Gasteiger partial charge in [0.15, 0.2) is 5.60 Å². The predicted octanol–water partition coefficient (Wildman–Crippen LogP) is 4.77. The first-order valence-corrected chi connectivity index (χ1v) is 12.3. The monoisotopic (exact) mass is 452 g/mol. The summed E-state index contributed by atoms with van der Waals surface area (Å²) in [6.45, 7) is 6.44. The second-order valence-electron chi connectivity index (χ2n) is 10.4. The number of nitrogens with one attached hydrogen (secondary N) is 2. The summed E-state index contributed by atoms with van der Waals surface area (Å²) in [6.07, 6.45) is 4.24. The quantitative estimate of drug-likeness (QED) is 0.610. The lowest BCUT2D eigenvalue weighted by atomic mass is 9.92. The molecule has 2 saturated carbocycles. The molecule has 180 valence electrons. The second-order valence-corrected chi connectivity index (χ2v) is 10.4. The van der Waals surface area contributed by atoms with E-state index in [1.807, 2.05) is 13.8 Å². The minimum Gasteiger partial charge on any atom is -0.482 e. The molecule has 1 aliphatic heterocycles. The van der Waals surface area contributed by atoms with E-state index in [2.05, 4.69) is 17.6 Å². The van der Waals surface area contributed by atoms with E-state index in [9.17, 15) is 13.6 Å². The minimum atomic E-state index is -1.25. The molecule has 0 bridgehead atoms. The highest BCUT2D eigenvalue weighted by Crippen LogP contribution is 2.42. The van der Waals surface area contributed by atoms with Gasteiger partial charge in [-0.3, -0.25) is 10.1 Å². The van der Waals surface area contributed by atoms with E-state index in [0.29, 0.717) is 25.8 Å². The smallest absolute Gasteiger partial charge is 0.263 e. The van der Waals surface area contributed by atoms with Crippen LogP contribution in [0.15, 0.2) is 22.5 Å². The Bertz CT molecular complexity index is 771. The predicted molar refractivity (Wildman–Crippen MR) is 119 cm³/mol. The maximum absolute atomic E-state index is 14.1. The number of ether oxygens (including phenoxy) is 2. The molecule has 4 aliphatic rings. The molecule has 5 atom stereocenters. The summed E-state index contributed by atoms with van der Waals surface area (Å²) >= 11 is 0. The van der Waals surface area contributed by atoms with Crippen LogP contribution in [0.2, 0.25) is 0 Å². The third kappa shape index (κ3) is 5.36. The van der Waals surface area contributed by atoms with Crippen LogP contribution in [0.4, 0.5) is 8.78 Å². The fourth-order valence-corrected chi connectivity index (χ4v) is 5.43. The van der Waals surface area contributed by atoms with E-state index in [-0.39, 0.29) is 24.6 Å². The highest BCUT2D eigenvalue weighted by atomic mass is 19.1. The van der Waals surface area contributed by atoms with Crippen LogP contribution in [0.1, 0.15) is 85.0 Å². The number of hydrogen-bond donors (Lipinski definition) is 2. The maximum Gasteiger partial charge on any atom is 0.263 e. The van der Waals surface area contributed by atoms with Crippen molar-refractivity contribution in [3.8, 4) is 0 Å². The van der Waals surface area contributed by atoms with E-state index in [1.165, 1.54) is 16.7 Å². The molecule has 5 nitrogen and oxygen atoms in total. The van der Waals surface area contributed by atoms with Gasteiger partial charge in [0.25, 0.3) is 5.91 Å². The van der Waals surface area contributed by atoms with E-state index < -0.39 is 24.0 Å². The molecule has 0 aromatic rings. The van der Waals surface area contributed by atoms with Gasteiger partial charge in [-0.05, 0) is 83.3 Å². The van der Waals surface area contributed by atoms with Crippen molar-refractivity contribution in [1.29, 1.82) is 0 Å². The van der Waals surface area contributed by atoms with Gasteiger partial charge in [-0.1, -0.05) is 5.57 Å². The van der Waals surface area contributed by atoms with Crippen molar-refractivity contribution in [2.75, 3.05) is 6.54 Å². The SMILES string of the molecule is CC1=C2CCCC2=C(OC(C)(C)C(=O)NC2CCC(OC3CCC(F)CC3F)NC2)CC1. The van der Waals surface area contributed by atoms with Crippen LogP contribution in [0, 0.1) is 0 Å². The number of amides is 1. The number of fused-ring (bicyclic) bond motifs is 1. The van der Waals surface area contributed by atoms with Crippen LogP contribution < -0.4 is 10.6 Å². The van der Waals surface area contributed by atoms with E-state index in [1.54, 1.807) is 0 Å². The average molecular weight is 453 g/mol. The van der Waals surface area contributed by atoms with Crippen LogP contribution in [0.5, 0.6) is 0 Å². The number of carbonyl (C=O) groups excluding carboxylic acids is 1. The first-order chi connectivity index (χ1) is 15.2. The lowest BCUT2D eigenvalue weighted by molar-refractivity contribution is -0.140. The van der Waals surface area contributed by atoms with Gasteiger partial charge in [-0.2, -0.15) is 0 Å². The third-order valence-corrected chi connectivity index (χ3v) is 7.41. The minimum absolute atomic E-state index is 0.0267. The standard InChI is InChI=1S/C25H38F2N2O3/c1-15-7-10-21(19-6-4-5-18(15)19)32-25(2,3)24(30)29-17-9-12-23(28-14-17)31-22-11-8-16(26)13-20(22)27/h16-17,20,22-23,28H,4-14H2,1-3H3,(H,29,30). The van der Waals surface area contributed by atoms with Crippen molar-refractivity contribution in [3.63, 3.8) is 0 Å². The van der Waals surface area contributed by atoms with Gasteiger partial charge in [0.05, 0.1) is 6.10 Å². The average Bonchev–Trinajstić information content (AvgIpc) is 3.25. The lowest BCUT2D eigenvalue weighted by Gasteiger charge is -2.37. The zero-order valence-electron chi connectivity index (χ0n) is 19.6. The molecule has 3 aliphatic carbocycles. The van der Waals surface area contributed by atoms with Gasteiger partial charge in [0.2, 0.25) is 0 Å². The first kappa shape index (κ1) is 23.7. The number of hydrogen-bond acceptors (Lipinski definition) is 4. The van der Waals surface area contributed by atoms with Crippen LogP contribution in [0.3, 0.4) is 0 Å². The summed E-state index contributed by atoms with van der Waals surface area (Å²) in [5.41, 5.74) is 3.29. The molecule has 0 radical (unpaired) electrons. The Morgan fingerprint density at radius 1 is 1.06 bits per heavy atom. The summed E-state index contributed by atoms with van der Waals surface area (Å²) in [7, 11) is 0. The largest absolute Gasteiger partial charge is 0.482 e. The van der Waals surface area contributed by atoms with Gasteiger partial charge >= 0.3 is 0 Å². The molecular formula is C25H38F2N2O3. The summed E-state index contributed by atoms with van der Waals surface area (Å²) in [6, 6.07) is -0.0267. The number of halogens is 2. The molecule has 0 spiro atoms. The molecule has 5 unspecified atom stereocenters. The first-order valence-electron chi connectivity index (χ1n) is 12.3. The summed E-state index contributed by atoms with van der Waals surface area (Å²) in [4.78, 5) is 13.0. The molecule has 1 amide bonds. The Morgan fingerprint density at radius 3 is 2.56 bits per heavy atom. The molecule has 2 N–H and O–H groups in total. The van der Waals surface area contributed by atoms with Crippen LogP contribution in [-0.2, 0) is 14.3 Å². The number of alkyl halides is 2. The molecule has 0 aromatic carbocycles. The Hall–Kier alpha value is -1.47. The maximum atomic E-state index is 14.1. The van der Waals surface area contributed by atoms with Gasteiger partial charge in [0.1, 0.15) is 24.3 Å². The molecule has 3 fully saturated rings. The van der Waals surface area contributed by atoms with E-state index in [0.717, 1.165) is 44.3 Å².